The normalized spacial score (nSPS) is 12.5. The van der Waals surface area contributed by atoms with E-state index in [1.54, 1.807) is 64.0 Å². The predicted molar refractivity (Wildman–Crippen MR) is 420 cm³/mol. The minimum atomic E-state index is -0.808. The summed E-state index contributed by atoms with van der Waals surface area (Å²) in [5, 5.41) is 5.71. The number of nitrogens with one attached hydrogen (secondary N) is 2. The van der Waals surface area contributed by atoms with E-state index in [-0.39, 0.29) is 79.8 Å². The van der Waals surface area contributed by atoms with E-state index in [0.717, 1.165) is 12.0 Å². The summed E-state index contributed by atoms with van der Waals surface area (Å²) >= 11 is 0. The van der Waals surface area contributed by atoms with Crippen LogP contribution >= 0.6 is 0 Å². The molecule has 1 rings (SSSR count). The van der Waals surface area contributed by atoms with E-state index < -0.39 is 17.4 Å². The summed E-state index contributed by atoms with van der Waals surface area (Å²) in [6.45, 7) is 39.5. The van der Waals surface area contributed by atoms with E-state index in [1.165, 1.54) is 0 Å². The standard InChI is InChI=1S/C80H147N3O30/c1-69(2)76(73(84)67-70(3)77(87)81-72-13-11-71(12-14-72)68-113-78(88)80(7,8)9)82-74(85)15-18-83(19-17-79(4,5)6)75(86)16-20-90-23-24-92-27-28-94-31-32-96-35-36-98-39-40-100-43-44-102-47-48-104-51-52-106-55-56-108-59-60-110-63-64-112-66-65-111-62-61-109-58-57-107-54-53-105-50-49-103-46-45-101-42-41-99-38-37-97-34-33-95-30-29-93-26-25-91-22-21-89-10/h11-14,69-70,76H,15-68H2,1-10H3,(H,81,87)(H,82,85)/t70-,76+/m1/s1. The molecule has 0 aromatic heterocycles. The summed E-state index contributed by atoms with van der Waals surface area (Å²) in [5.74, 6) is -2.30. The Morgan fingerprint density at radius 3 is 0.867 bits per heavy atom. The molecule has 1 aromatic carbocycles. The van der Waals surface area contributed by atoms with E-state index in [9.17, 15) is 24.0 Å². The van der Waals surface area contributed by atoms with Gasteiger partial charge >= 0.3 is 5.97 Å². The molecule has 0 saturated carbocycles. The zero-order valence-electron chi connectivity index (χ0n) is 70.4. The zero-order chi connectivity index (χ0) is 82.5. The van der Waals surface area contributed by atoms with E-state index in [2.05, 4.69) is 31.4 Å². The molecule has 1 aromatic rings. The van der Waals surface area contributed by atoms with Gasteiger partial charge in [0.15, 0.2) is 5.78 Å². The molecule has 662 valence electrons. The van der Waals surface area contributed by atoms with E-state index >= 15 is 0 Å². The first-order chi connectivity index (χ1) is 54.8. The van der Waals surface area contributed by atoms with Crippen molar-refractivity contribution in [3.63, 3.8) is 0 Å². The molecule has 0 unspecified atom stereocenters. The highest BCUT2D eigenvalue weighted by Gasteiger charge is 2.29. The second kappa shape index (κ2) is 77.7. The summed E-state index contributed by atoms with van der Waals surface area (Å²) in [7, 11) is 1.64. The van der Waals surface area contributed by atoms with Crippen LogP contribution in [0.1, 0.15) is 93.6 Å². The Bertz CT molecular complexity index is 2320. The Hall–Kier alpha value is -4.19. The Morgan fingerprint density at radius 2 is 0.619 bits per heavy atom. The highest BCUT2D eigenvalue weighted by Crippen LogP contribution is 2.21. The van der Waals surface area contributed by atoms with Gasteiger partial charge in [-0.1, -0.05) is 53.7 Å². The van der Waals surface area contributed by atoms with Gasteiger partial charge in [0.1, 0.15) is 6.61 Å². The van der Waals surface area contributed by atoms with Gasteiger partial charge in [-0.05, 0) is 56.2 Å². The van der Waals surface area contributed by atoms with E-state index in [1.807, 2.05) is 13.8 Å². The van der Waals surface area contributed by atoms with Crippen LogP contribution in [0, 0.1) is 22.7 Å². The average Bonchev–Trinajstić information content (AvgIpc) is 0.868. The second-order valence-electron chi connectivity index (χ2n) is 28.1. The molecule has 0 saturated heterocycles. The molecule has 0 aliphatic rings. The Balaban J connectivity index is 1.83. The van der Waals surface area contributed by atoms with Crippen molar-refractivity contribution in [2.75, 3.05) is 336 Å². The topological polar surface area (TPSA) is 343 Å². The number of nitrogens with zero attached hydrogens (tertiary/aromatic N) is 1. The third kappa shape index (κ3) is 72.7. The number of rotatable bonds is 86. The lowest BCUT2D eigenvalue weighted by atomic mass is 9.92. The smallest absolute Gasteiger partial charge is 0.311 e. The molecule has 0 aliphatic heterocycles. The number of anilines is 1. The van der Waals surface area contributed by atoms with Crippen LogP contribution in [0.5, 0.6) is 0 Å². The maximum absolute atomic E-state index is 13.5. The molecule has 0 fully saturated rings. The number of Topliss-reactive ketones (excluding diaryl/α,β-unsaturated/α-hetero) is 1. The van der Waals surface area contributed by atoms with Crippen LogP contribution < -0.4 is 10.6 Å². The quantitative estimate of drug-likeness (QED) is 0.0598. The Kier molecular flexibility index (Phi) is 73.5. The lowest BCUT2D eigenvalue weighted by Gasteiger charge is -2.28. The van der Waals surface area contributed by atoms with Gasteiger partial charge in [0.25, 0.3) is 0 Å². The lowest BCUT2D eigenvalue weighted by Crippen LogP contribution is -2.46. The van der Waals surface area contributed by atoms with Gasteiger partial charge < -0.3 is 134 Å². The fourth-order valence-electron chi connectivity index (χ4n) is 9.17. The van der Waals surface area contributed by atoms with Gasteiger partial charge in [0, 0.05) is 44.6 Å². The van der Waals surface area contributed by atoms with Crippen LogP contribution in [-0.2, 0) is 149 Å². The molecule has 2 N–H and O–H groups in total. The first-order valence-electron chi connectivity index (χ1n) is 40.3. The van der Waals surface area contributed by atoms with Crippen LogP contribution in [0.25, 0.3) is 0 Å². The van der Waals surface area contributed by atoms with Crippen LogP contribution in [0.3, 0.4) is 0 Å². The number of ketones is 1. The summed E-state index contributed by atoms with van der Waals surface area (Å²) in [4.78, 5) is 67.1. The zero-order valence-corrected chi connectivity index (χ0v) is 70.4. The molecule has 3 amide bonds. The fourth-order valence-corrected chi connectivity index (χ4v) is 9.17. The van der Waals surface area contributed by atoms with Gasteiger partial charge in [0.05, 0.1) is 328 Å². The fraction of sp³-hybridized carbons (Fsp3) is 0.863. The molecule has 2 atom stereocenters. The first-order valence-corrected chi connectivity index (χ1v) is 40.3. The monoisotopic (exact) mass is 1630 g/mol. The van der Waals surface area contributed by atoms with Crippen molar-refractivity contribution in [3.05, 3.63) is 29.8 Å². The molecule has 0 heterocycles. The molecule has 0 bridgehead atoms. The number of hydrogen-bond acceptors (Lipinski definition) is 30. The van der Waals surface area contributed by atoms with Gasteiger partial charge in [-0.2, -0.15) is 0 Å². The van der Waals surface area contributed by atoms with Crippen molar-refractivity contribution in [3.8, 4) is 0 Å². The molecular formula is C80H147N3O30. The highest BCUT2D eigenvalue weighted by atomic mass is 16.6. The van der Waals surface area contributed by atoms with Crippen LogP contribution in [0.15, 0.2) is 24.3 Å². The Labute approximate surface area is 674 Å². The molecule has 0 aliphatic carbocycles. The van der Waals surface area contributed by atoms with E-state index in [0.29, 0.717) is 316 Å². The van der Waals surface area contributed by atoms with Gasteiger partial charge in [-0.15, -0.1) is 0 Å². The number of esters is 1. The number of benzene rings is 1. The number of carbonyl (C=O) groups excluding carboxylic acids is 5. The molecule has 0 spiro atoms. The minimum absolute atomic E-state index is 0.00892. The molecular weight excluding hydrogens is 1480 g/mol. The van der Waals surface area contributed by atoms with Gasteiger partial charge in [-0.25, -0.2) is 0 Å². The Morgan fingerprint density at radius 1 is 0.354 bits per heavy atom. The number of ether oxygens (including phenoxy) is 25. The minimum Gasteiger partial charge on any atom is -0.460 e. The number of methoxy groups -OCH3 is 1. The molecule has 0 radical (unpaired) electrons. The average molecular weight is 1630 g/mol. The SMILES string of the molecule is COCCOCCOCCOCCOCCOCCOCCOCCOCCOCCOCCOCCOCCOCCOCCOCCOCCOCCOCCOCCOCCOCCOCCOCCC(=O)N(CCC(=O)N[C@H](C(=O)C[C@@H](C)C(=O)Nc1ccc(COC(=O)C(C)(C)C)cc1)C(C)C)CCC(C)(C)C. The number of carbonyl (C=O) groups is 5. The lowest BCUT2D eigenvalue weighted by molar-refractivity contribution is -0.154. The van der Waals surface area contributed by atoms with Crippen LogP contribution in [0.4, 0.5) is 5.69 Å². The van der Waals surface area contributed by atoms with E-state index in [4.69, 9.17) is 118 Å². The van der Waals surface area contributed by atoms with Crippen molar-refractivity contribution in [2.24, 2.45) is 22.7 Å². The maximum atomic E-state index is 13.5. The van der Waals surface area contributed by atoms with Crippen molar-refractivity contribution in [2.45, 2.75) is 101 Å². The van der Waals surface area contributed by atoms with Gasteiger partial charge in [-0.3, -0.25) is 24.0 Å². The molecule has 33 heteroatoms. The largest absolute Gasteiger partial charge is 0.460 e. The van der Waals surface area contributed by atoms with Crippen molar-refractivity contribution >= 4 is 35.2 Å². The second-order valence-corrected chi connectivity index (χ2v) is 28.1. The van der Waals surface area contributed by atoms with Crippen LogP contribution in [-0.4, -0.2) is 371 Å². The summed E-state index contributed by atoms with van der Waals surface area (Å²) in [5.41, 5.74) is 0.652. The maximum Gasteiger partial charge on any atom is 0.311 e. The third-order valence-electron chi connectivity index (χ3n) is 15.7. The summed E-state index contributed by atoms with van der Waals surface area (Å²) in [6, 6.07) is 6.13. The summed E-state index contributed by atoms with van der Waals surface area (Å²) in [6.07, 6.45) is 0.799. The predicted octanol–water partition coefficient (Wildman–Crippen LogP) is 5.52. The summed E-state index contributed by atoms with van der Waals surface area (Å²) < 4.78 is 137. The number of amides is 3. The molecule has 113 heavy (non-hydrogen) atoms. The van der Waals surface area contributed by atoms with Crippen molar-refractivity contribution < 1.29 is 142 Å². The van der Waals surface area contributed by atoms with Crippen LogP contribution in [0.2, 0.25) is 0 Å². The number of hydrogen-bond donors (Lipinski definition) is 2. The van der Waals surface area contributed by atoms with Crippen molar-refractivity contribution in [1.82, 2.24) is 10.2 Å². The first kappa shape index (κ1) is 107. The third-order valence-corrected chi connectivity index (χ3v) is 15.7. The van der Waals surface area contributed by atoms with Gasteiger partial charge in [0.2, 0.25) is 17.7 Å². The molecule has 33 nitrogen and oxygen atoms in total. The van der Waals surface area contributed by atoms with Crippen molar-refractivity contribution in [1.29, 1.82) is 0 Å². The highest BCUT2D eigenvalue weighted by molar-refractivity contribution is 5.97.